The number of rotatable bonds is 9. The van der Waals surface area contributed by atoms with Crippen LogP contribution < -0.4 is 16.1 Å². The summed E-state index contributed by atoms with van der Waals surface area (Å²) < 4.78 is 10.6. The zero-order valence-electron chi connectivity index (χ0n) is 12.1. The molecule has 2 N–H and O–H groups in total. The molecule has 19 heavy (non-hydrogen) atoms. The van der Waals surface area contributed by atoms with Crippen molar-refractivity contribution in [1.29, 1.82) is 0 Å². The molecule has 0 aliphatic heterocycles. The Hall–Kier alpha value is -1.30. The first-order valence-corrected chi connectivity index (χ1v) is 6.80. The lowest BCUT2D eigenvalue weighted by atomic mass is 9.58. The monoisotopic (exact) mass is 264 g/mol. The van der Waals surface area contributed by atoms with Crippen molar-refractivity contribution in [2.75, 3.05) is 26.1 Å². The van der Waals surface area contributed by atoms with Gasteiger partial charge in [0.2, 0.25) is 5.95 Å². The van der Waals surface area contributed by atoms with E-state index in [1.165, 1.54) is 0 Å². The number of aromatic nitrogens is 2. The molecule has 1 radical (unpaired) electrons. The van der Waals surface area contributed by atoms with E-state index in [1.54, 1.807) is 13.3 Å². The van der Waals surface area contributed by atoms with E-state index in [-0.39, 0.29) is 5.95 Å². The molecule has 6 heteroatoms. The molecule has 0 amide bonds. The molecule has 0 aliphatic rings. The molecule has 0 unspecified atom stereocenters. The van der Waals surface area contributed by atoms with Crippen LogP contribution in [0.5, 0.6) is 5.75 Å². The highest BCUT2D eigenvalue weighted by atomic mass is 16.5. The number of nitrogens with zero attached hydrogens (tertiary/aromatic N) is 2. The minimum atomic E-state index is 0.275. The number of methoxy groups -OCH3 is 1. The fourth-order valence-electron chi connectivity index (χ4n) is 1.86. The van der Waals surface area contributed by atoms with E-state index in [2.05, 4.69) is 31.1 Å². The van der Waals surface area contributed by atoms with E-state index in [0.29, 0.717) is 24.8 Å². The second-order valence-electron chi connectivity index (χ2n) is 4.44. The molecule has 1 aromatic rings. The van der Waals surface area contributed by atoms with Crippen LogP contribution in [0.4, 0.5) is 5.95 Å². The van der Waals surface area contributed by atoms with E-state index >= 15 is 0 Å². The molecule has 0 spiro atoms. The highest BCUT2D eigenvalue weighted by molar-refractivity contribution is 6.55. The van der Waals surface area contributed by atoms with Crippen molar-refractivity contribution in [3.63, 3.8) is 0 Å². The highest BCUT2D eigenvalue weighted by Crippen LogP contribution is 2.17. The summed E-state index contributed by atoms with van der Waals surface area (Å²) in [6.07, 6.45) is 4.99. The van der Waals surface area contributed by atoms with Gasteiger partial charge in [0, 0.05) is 12.7 Å². The quantitative estimate of drug-likeness (QED) is 0.539. The van der Waals surface area contributed by atoms with Crippen molar-refractivity contribution in [1.82, 2.24) is 9.97 Å². The largest absolute Gasteiger partial charge is 0.489 e. The Bertz CT molecular complexity index is 377. The molecular formula is C13H23BN3O2. The third kappa shape index (κ3) is 5.47. The van der Waals surface area contributed by atoms with Gasteiger partial charge in [-0.25, -0.2) is 9.97 Å². The first kappa shape index (κ1) is 15.8. The van der Waals surface area contributed by atoms with Gasteiger partial charge in [-0.1, -0.05) is 38.9 Å². The fraction of sp³-hybridized carbons (Fsp3) is 0.692. The van der Waals surface area contributed by atoms with Crippen LogP contribution in [-0.4, -0.2) is 37.6 Å². The summed E-state index contributed by atoms with van der Waals surface area (Å²) in [4.78, 5) is 8.25. The third-order valence-corrected chi connectivity index (χ3v) is 2.92. The van der Waals surface area contributed by atoms with Crippen LogP contribution in [-0.2, 0) is 4.74 Å². The van der Waals surface area contributed by atoms with E-state index in [9.17, 15) is 0 Å². The summed E-state index contributed by atoms with van der Waals surface area (Å²) in [7, 11) is 3.77. The van der Waals surface area contributed by atoms with Gasteiger partial charge in [-0.15, -0.1) is 0 Å². The molecule has 1 rings (SSSR count). The smallest absolute Gasteiger partial charge is 0.219 e. The molecule has 0 saturated heterocycles. The number of nitrogen functional groups attached to an aromatic ring is 1. The Morgan fingerprint density at radius 2 is 2.16 bits per heavy atom. The van der Waals surface area contributed by atoms with Crippen LogP contribution in [0, 0.1) is 0 Å². The topological polar surface area (TPSA) is 70.3 Å². The zero-order valence-corrected chi connectivity index (χ0v) is 12.1. The predicted octanol–water partition coefficient (Wildman–Crippen LogP) is 1.41. The Kier molecular flexibility index (Phi) is 7.26. The Morgan fingerprint density at radius 1 is 1.37 bits per heavy atom. The van der Waals surface area contributed by atoms with Crippen molar-refractivity contribution in [3.05, 3.63) is 6.20 Å². The first-order chi connectivity index (χ1) is 9.21. The van der Waals surface area contributed by atoms with Gasteiger partial charge in [0.25, 0.3) is 0 Å². The first-order valence-electron chi connectivity index (χ1n) is 6.80. The lowest BCUT2D eigenvalue weighted by Gasteiger charge is -2.15. The molecular weight excluding hydrogens is 241 g/mol. The van der Waals surface area contributed by atoms with Crippen molar-refractivity contribution >= 4 is 18.8 Å². The van der Waals surface area contributed by atoms with Gasteiger partial charge in [0.1, 0.15) is 12.4 Å². The summed E-state index contributed by atoms with van der Waals surface area (Å²) in [5.41, 5.74) is 6.43. The average Bonchev–Trinajstić information content (AvgIpc) is 2.41. The Labute approximate surface area is 116 Å². The Balaban J connectivity index is 2.74. The number of hydrogen-bond acceptors (Lipinski definition) is 5. The fourth-order valence-corrected chi connectivity index (χ4v) is 1.86. The van der Waals surface area contributed by atoms with Crippen LogP contribution in [0.1, 0.15) is 33.1 Å². The minimum Gasteiger partial charge on any atom is -0.489 e. The van der Waals surface area contributed by atoms with Crippen molar-refractivity contribution in [2.24, 2.45) is 0 Å². The maximum absolute atomic E-state index is 5.65. The number of hydrogen-bond donors (Lipinski definition) is 1. The maximum atomic E-state index is 5.65. The summed E-state index contributed by atoms with van der Waals surface area (Å²) in [6.45, 7) is 5.37. The summed E-state index contributed by atoms with van der Waals surface area (Å²) in [5.74, 6) is 1.43. The SMILES string of the molecule is CCC[C@H]([B]c1nc(N)ncc1OCCOC)CC. The van der Waals surface area contributed by atoms with E-state index in [1.807, 2.05) is 0 Å². The van der Waals surface area contributed by atoms with Crippen LogP contribution in [0.2, 0.25) is 5.82 Å². The summed E-state index contributed by atoms with van der Waals surface area (Å²) in [6, 6.07) is 0. The normalized spacial score (nSPS) is 12.2. The minimum absolute atomic E-state index is 0.275. The van der Waals surface area contributed by atoms with Crippen LogP contribution in [0.15, 0.2) is 6.20 Å². The highest BCUT2D eigenvalue weighted by Gasteiger charge is 2.15. The molecule has 0 aromatic carbocycles. The second kappa shape index (κ2) is 8.75. The van der Waals surface area contributed by atoms with Gasteiger partial charge >= 0.3 is 0 Å². The lowest BCUT2D eigenvalue weighted by Crippen LogP contribution is -2.27. The van der Waals surface area contributed by atoms with Gasteiger partial charge in [0.15, 0.2) is 7.28 Å². The van der Waals surface area contributed by atoms with E-state index in [4.69, 9.17) is 15.2 Å². The van der Waals surface area contributed by atoms with Crippen LogP contribution >= 0.6 is 0 Å². The molecule has 1 heterocycles. The van der Waals surface area contributed by atoms with Crippen molar-refractivity contribution in [3.8, 4) is 5.75 Å². The van der Waals surface area contributed by atoms with Gasteiger partial charge in [0.05, 0.1) is 12.8 Å². The van der Waals surface area contributed by atoms with E-state index in [0.717, 1.165) is 24.9 Å². The molecule has 0 fully saturated rings. The number of nitrogens with two attached hydrogens (primary N) is 1. The van der Waals surface area contributed by atoms with Crippen LogP contribution in [0.25, 0.3) is 0 Å². The van der Waals surface area contributed by atoms with Gasteiger partial charge in [-0.3, -0.25) is 0 Å². The molecule has 0 aliphatic carbocycles. The average molecular weight is 264 g/mol. The molecule has 5 nitrogen and oxygen atoms in total. The molecule has 105 valence electrons. The van der Waals surface area contributed by atoms with Crippen LogP contribution in [0.3, 0.4) is 0 Å². The van der Waals surface area contributed by atoms with E-state index < -0.39 is 0 Å². The Morgan fingerprint density at radius 3 is 2.79 bits per heavy atom. The molecule has 1 atom stereocenters. The standard InChI is InChI=1S/C13H23BN3O2/c1-4-6-10(5-2)14-12-11(19-8-7-18-3)9-16-13(15)17-12/h9-10H,4-8H2,1-3H3,(H2,15,16,17)/t10-/m1/s1. The predicted molar refractivity (Wildman–Crippen MR) is 78.2 cm³/mol. The summed E-state index contributed by atoms with van der Waals surface area (Å²) >= 11 is 0. The van der Waals surface area contributed by atoms with Gasteiger partial charge in [-0.05, 0) is 0 Å². The lowest BCUT2D eigenvalue weighted by molar-refractivity contribution is 0.146. The summed E-state index contributed by atoms with van der Waals surface area (Å²) in [5, 5.41) is 0. The van der Waals surface area contributed by atoms with Gasteiger partial charge in [-0.2, -0.15) is 0 Å². The molecule has 1 aromatic heterocycles. The molecule has 0 saturated carbocycles. The van der Waals surface area contributed by atoms with Crippen molar-refractivity contribution < 1.29 is 9.47 Å². The third-order valence-electron chi connectivity index (χ3n) is 2.92. The molecule has 0 bridgehead atoms. The number of anilines is 1. The van der Waals surface area contributed by atoms with Crippen molar-refractivity contribution in [2.45, 2.75) is 38.9 Å². The van der Waals surface area contributed by atoms with Gasteiger partial charge < -0.3 is 15.2 Å². The maximum Gasteiger partial charge on any atom is 0.219 e. The number of ether oxygens (including phenoxy) is 2. The second-order valence-corrected chi connectivity index (χ2v) is 4.44. The zero-order chi connectivity index (χ0) is 14.1.